The van der Waals surface area contributed by atoms with E-state index in [0.717, 1.165) is 6.42 Å². The topological polar surface area (TPSA) is 67.4 Å². The Labute approximate surface area is 130 Å². The van der Waals surface area contributed by atoms with Crippen molar-refractivity contribution in [2.75, 3.05) is 6.61 Å². The van der Waals surface area contributed by atoms with Crippen LogP contribution in [0.15, 0.2) is 24.3 Å². The summed E-state index contributed by atoms with van der Waals surface area (Å²) in [7, 11) is 0. The van der Waals surface area contributed by atoms with Crippen molar-refractivity contribution in [3.05, 3.63) is 29.3 Å². The maximum atomic E-state index is 11.8. The Bertz CT molecular complexity index is 476. The zero-order valence-corrected chi connectivity index (χ0v) is 13.2. The van der Waals surface area contributed by atoms with Gasteiger partial charge in [0.15, 0.2) is 6.61 Å². The molecule has 2 N–H and O–H groups in total. The third kappa shape index (κ3) is 6.49. The molecule has 1 rings (SSSR count). The molecule has 0 aliphatic heterocycles. The highest BCUT2D eigenvalue weighted by Gasteiger charge is 2.16. The van der Waals surface area contributed by atoms with Crippen molar-refractivity contribution in [2.45, 2.75) is 39.3 Å². The second-order valence-electron chi connectivity index (χ2n) is 4.85. The van der Waals surface area contributed by atoms with Gasteiger partial charge in [-0.05, 0) is 44.5 Å². The zero-order valence-electron chi connectivity index (χ0n) is 12.5. The Morgan fingerprint density at radius 2 is 1.81 bits per heavy atom. The van der Waals surface area contributed by atoms with Crippen LogP contribution in [-0.2, 0) is 9.59 Å². The average Bonchev–Trinajstić information content (AvgIpc) is 2.46. The number of benzene rings is 1. The van der Waals surface area contributed by atoms with Gasteiger partial charge in [0.05, 0.1) is 0 Å². The van der Waals surface area contributed by atoms with Crippen LogP contribution in [0.2, 0.25) is 5.02 Å². The van der Waals surface area contributed by atoms with Gasteiger partial charge >= 0.3 is 0 Å². The summed E-state index contributed by atoms with van der Waals surface area (Å²) in [5.41, 5.74) is 0. The number of amides is 2. The molecule has 116 valence electrons. The summed E-state index contributed by atoms with van der Waals surface area (Å²) in [5, 5.41) is 5.99. The number of rotatable bonds is 7. The maximum absolute atomic E-state index is 11.8. The van der Waals surface area contributed by atoms with E-state index in [1.807, 2.05) is 13.8 Å². The van der Waals surface area contributed by atoms with Crippen LogP contribution in [0.5, 0.6) is 5.75 Å². The van der Waals surface area contributed by atoms with E-state index in [4.69, 9.17) is 16.3 Å². The van der Waals surface area contributed by atoms with Crippen molar-refractivity contribution >= 4 is 23.4 Å². The second-order valence-corrected chi connectivity index (χ2v) is 5.29. The molecule has 5 nitrogen and oxygen atoms in total. The van der Waals surface area contributed by atoms with E-state index in [1.54, 1.807) is 31.2 Å². The monoisotopic (exact) mass is 312 g/mol. The molecular weight excluding hydrogens is 292 g/mol. The molecule has 2 amide bonds. The molecule has 1 aromatic rings. The van der Waals surface area contributed by atoms with E-state index >= 15 is 0 Å². The molecule has 0 aliphatic rings. The minimum atomic E-state index is -0.597. The van der Waals surface area contributed by atoms with Gasteiger partial charge in [0.1, 0.15) is 11.8 Å². The highest BCUT2D eigenvalue weighted by molar-refractivity contribution is 6.30. The fraction of sp³-hybridized carbons (Fsp3) is 0.467. The lowest BCUT2D eigenvalue weighted by atomic mass is 10.2. The van der Waals surface area contributed by atoms with Crippen LogP contribution in [0.3, 0.4) is 0 Å². The SMILES string of the molecule is CCC(C)NC(=O)C(C)NC(=O)COc1ccc(Cl)cc1. The van der Waals surface area contributed by atoms with Gasteiger partial charge in [-0.15, -0.1) is 0 Å². The predicted molar refractivity (Wildman–Crippen MR) is 82.4 cm³/mol. The lowest BCUT2D eigenvalue weighted by Gasteiger charge is -2.17. The van der Waals surface area contributed by atoms with Crippen molar-refractivity contribution in [3.8, 4) is 5.75 Å². The van der Waals surface area contributed by atoms with E-state index < -0.39 is 6.04 Å². The van der Waals surface area contributed by atoms with E-state index in [9.17, 15) is 9.59 Å². The van der Waals surface area contributed by atoms with Crippen molar-refractivity contribution in [1.82, 2.24) is 10.6 Å². The first kappa shape index (κ1) is 17.3. The van der Waals surface area contributed by atoms with Crippen LogP contribution in [0.25, 0.3) is 0 Å². The average molecular weight is 313 g/mol. The summed E-state index contributed by atoms with van der Waals surface area (Å²) in [6, 6.07) is 6.19. The van der Waals surface area contributed by atoms with Gasteiger partial charge in [-0.1, -0.05) is 18.5 Å². The zero-order chi connectivity index (χ0) is 15.8. The van der Waals surface area contributed by atoms with E-state index in [0.29, 0.717) is 10.8 Å². The molecule has 0 radical (unpaired) electrons. The molecular formula is C15H21ClN2O3. The Kier molecular flexibility index (Phi) is 7.02. The number of hydrogen-bond acceptors (Lipinski definition) is 3. The summed E-state index contributed by atoms with van der Waals surface area (Å²) in [4.78, 5) is 23.5. The molecule has 21 heavy (non-hydrogen) atoms. The Balaban J connectivity index is 2.35. The van der Waals surface area contributed by atoms with Crippen LogP contribution in [0.1, 0.15) is 27.2 Å². The minimum Gasteiger partial charge on any atom is -0.484 e. The first-order valence-corrected chi connectivity index (χ1v) is 7.28. The minimum absolute atomic E-state index is 0.0853. The molecule has 0 spiro atoms. The molecule has 6 heteroatoms. The molecule has 2 unspecified atom stereocenters. The number of ether oxygens (including phenoxy) is 1. The van der Waals surface area contributed by atoms with Gasteiger partial charge in [-0.3, -0.25) is 9.59 Å². The summed E-state index contributed by atoms with van der Waals surface area (Å²) in [6.45, 7) is 5.38. The number of carbonyl (C=O) groups is 2. The van der Waals surface area contributed by atoms with Crippen molar-refractivity contribution < 1.29 is 14.3 Å². The predicted octanol–water partition coefficient (Wildman–Crippen LogP) is 2.14. The molecule has 0 aromatic heterocycles. The molecule has 2 atom stereocenters. The molecule has 0 bridgehead atoms. The smallest absolute Gasteiger partial charge is 0.258 e. The van der Waals surface area contributed by atoms with Gasteiger partial charge in [0.2, 0.25) is 5.91 Å². The number of hydrogen-bond donors (Lipinski definition) is 2. The largest absolute Gasteiger partial charge is 0.484 e. The molecule has 0 heterocycles. The highest BCUT2D eigenvalue weighted by Crippen LogP contribution is 2.15. The van der Waals surface area contributed by atoms with Gasteiger partial charge in [-0.2, -0.15) is 0 Å². The van der Waals surface area contributed by atoms with Crippen LogP contribution < -0.4 is 15.4 Å². The first-order valence-electron chi connectivity index (χ1n) is 6.90. The Hall–Kier alpha value is -1.75. The number of nitrogens with one attached hydrogen (secondary N) is 2. The Morgan fingerprint density at radius 1 is 1.19 bits per heavy atom. The number of halogens is 1. The van der Waals surface area contributed by atoms with Crippen LogP contribution in [0, 0.1) is 0 Å². The van der Waals surface area contributed by atoms with Crippen LogP contribution in [-0.4, -0.2) is 30.5 Å². The van der Waals surface area contributed by atoms with Crippen LogP contribution in [0.4, 0.5) is 0 Å². The lowest BCUT2D eigenvalue weighted by molar-refractivity contribution is -0.129. The van der Waals surface area contributed by atoms with Crippen molar-refractivity contribution in [2.24, 2.45) is 0 Å². The quantitative estimate of drug-likeness (QED) is 0.810. The molecule has 0 saturated carbocycles. The van der Waals surface area contributed by atoms with E-state index in [1.165, 1.54) is 0 Å². The van der Waals surface area contributed by atoms with Crippen molar-refractivity contribution in [3.63, 3.8) is 0 Å². The molecule has 0 saturated heterocycles. The summed E-state index contributed by atoms with van der Waals surface area (Å²) < 4.78 is 5.30. The van der Waals surface area contributed by atoms with Gasteiger partial charge in [0.25, 0.3) is 5.91 Å². The lowest BCUT2D eigenvalue weighted by Crippen LogP contribution is -2.48. The van der Waals surface area contributed by atoms with Gasteiger partial charge < -0.3 is 15.4 Å². The van der Waals surface area contributed by atoms with Crippen molar-refractivity contribution in [1.29, 1.82) is 0 Å². The highest BCUT2D eigenvalue weighted by atomic mass is 35.5. The summed E-state index contributed by atoms with van der Waals surface area (Å²) in [5.74, 6) is -0.00722. The van der Waals surface area contributed by atoms with E-state index in [-0.39, 0.29) is 24.5 Å². The fourth-order valence-corrected chi connectivity index (χ4v) is 1.62. The fourth-order valence-electron chi connectivity index (χ4n) is 1.50. The van der Waals surface area contributed by atoms with Gasteiger partial charge in [-0.25, -0.2) is 0 Å². The van der Waals surface area contributed by atoms with Gasteiger partial charge in [0, 0.05) is 11.1 Å². The molecule has 1 aromatic carbocycles. The molecule has 0 aliphatic carbocycles. The second kappa shape index (κ2) is 8.52. The third-order valence-electron chi connectivity index (χ3n) is 2.96. The maximum Gasteiger partial charge on any atom is 0.258 e. The summed E-state index contributed by atoms with van der Waals surface area (Å²) in [6.07, 6.45) is 0.839. The third-order valence-corrected chi connectivity index (χ3v) is 3.21. The van der Waals surface area contributed by atoms with Crippen LogP contribution >= 0.6 is 11.6 Å². The normalized spacial score (nSPS) is 13.1. The first-order chi connectivity index (χ1) is 9.92. The summed E-state index contributed by atoms with van der Waals surface area (Å²) >= 11 is 5.75. The Morgan fingerprint density at radius 3 is 2.38 bits per heavy atom. The standard InChI is InChI=1S/C15H21ClN2O3/c1-4-10(2)17-15(20)11(3)18-14(19)9-21-13-7-5-12(16)6-8-13/h5-8,10-11H,4,9H2,1-3H3,(H,17,20)(H,18,19). The number of carbonyl (C=O) groups excluding carboxylic acids is 2. The molecule has 0 fully saturated rings. The van der Waals surface area contributed by atoms with E-state index in [2.05, 4.69) is 10.6 Å².